The number of fused-ring (bicyclic) bond motifs is 1. The molecule has 0 saturated carbocycles. The molecule has 0 N–H and O–H groups in total. The quantitative estimate of drug-likeness (QED) is 0.0283. The van der Waals surface area contributed by atoms with Crippen LogP contribution in [0.3, 0.4) is 0 Å². The zero-order chi connectivity index (χ0) is 49.0. The number of alkyl halides is 1. The van der Waals surface area contributed by atoms with Gasteiger partial charge in [-0.25, -0.2) is 87.8 Å². The molecular weight excluding hydrogens is 1010 g/mol. The van der Waals surface area contributed by atoms with Crippen molar-refractivity contribution in [3.05, 3.63) is 194 Å². The lowest BCUT2D eigenvalue weighted by atomic mass is 9.12. The highest BCUT2D eigenvalue weighted by Gasteiger charge is 2.52. The Bertz CT molecular complexity index is 2750. The molecule has 0 saturated heterocycles. The third-order valence-electron chi connectivity index (χ3n) is 10.2. The van der Waals surface area contributed by atoms with E-state index in [1.54, 1.807) is 0 Å². The number of rotatable bonds is 8. The Labute approximate surface area is 363 Å². The molecule has 0 amide bonds. The molecule has 66 heavy (non-hydrogen) atoms. The van der Waals surface area contributed by atoms with Gasteiger partial charge in [-0.05, 0) is 12.1 Å². The SMILES string of the molecule is Fc1c(F)c(F)c([B-](c2c(F)c(F)c(F)c(F)c2F)(c2c(F)c(F)c(F)c(F)c2F)c2c(F)c(F)c(F)c(F)c2F)c(F)c1F.O=C(CBr)c1ccc2ccccc2[n+]1Cc1ccccc1. The first-order chi connectivity index (χ1) is 31.0. The van der Waals surface area contributed by atoms with Crippen molar-refractivity contribution in [3.8, 4) is 0 Å². The fourth-order valence-corrected chi connectivity index (χ4v) is 7.67. The van der Waals surface area contributed by atoms with Crippen LogP contribution in [0.2, 0.25) is 0 Å². The summed E-state index contributed by atoms with van der Waals surface area (Å²) in [5.74, 6) is -71.3. The molecule has 0 bridgehead atoms. The molecule has 0 aliphatic carbocycles. The predicted molar refractivity (Wildman–Crippen MR) is 197 cm³/mol. The molecular formula is C42H15BBrF20NO. The number of pyridine rings is 1. The summed E-state index contributed by atoms with van der Waals surface area (Å²) in [6.07, 6.45) is -7.22. The van der Waals surface area contributed by atoms with Crippen molar-refractivity contribution < 1.29 is 97.2 Å². The molecule has 0 unspecified atom stereocenters. The molecule has 0 aliphatic heterocycles. The summed E-state index contributed by atoms with van der Waals surface area (Å²) >= 11 is 3.27. The third-order valence-corrected chi connectivity index (χ3v) is 10.7. The molecule has 0 spiro atoms. The van der Waals surface area contributed by atoms with Gasteiger partial charge >= 0.3 is 0 Å². The van der Waals surface area contributed by atoms with Crippen LogP contribution in [0.5, 0.6) is 0 Å². The highest BCUT2D eigenvalue weighted by Crippen LogP contribution is 2.31. The number of hydrogen-bond acceptors (Lipinski definition) is 1. The number of para-hydroxylation sites is 1. The van der Waals surface area contributed by atoms with Crippen LogP contribution in [0.15, 0.2) is 66.7 Å². The van der Waals surface area contributed by atoms with Gasteiger partial charge in [0.25, 0.3) is 0 Å². The average molecular weight is 1020 g/mol. The number of carbonyl (C=O) groups is 1. The van der Waals surface area contributed by atoms with E-state index >= 15 is 35.1 Å². The topological polar surface area (TPSA) is 20.9 Å². The van der Waals surface area contributed by atoms with E-state index in [2.05, 4.69) is 44.8 Å². The first kappa shape index (κ1) is 49.0. The number of Topliss-reactive ketones (excluding diaryl/α,β-unsaturated/α-hetero) is 1. The van der Waals surface area contributed by atoms with Crippen LogP contribution in [0.25, 0.3) is 10.9 Å². The lowest BCUT2D eigenvalue weighted by molar-refractivity contribution is -0.664. The van der Waals surface area contributed by atoms with E-state index in [1.807, 2.05) is 42.5 Å². The number of ketones is 1. The van der Waals surface area contributed by atoms with E-state index in [1.165, 1.54) is 5.56 Å². The van der Waals surface area contributed by atoms with Crippen LogP contribution in [0.1, 0.15) is 16.1 Å². The maximum absolute atomic E-state index is 15.4. The van der Waals surface area contributed by atoms with Gasteiger partial charge in [-0.3, -0.25) is 4.79 Å². The van der Waals surface area contributed by atoms with Gasteiger partial charge in [0.1, 0.15) is 52.7 Å². The van der Waals surface area contributed by atoms with Crippen molar-refractivity contribution in [1.82, 2.24) is 0 Å². The molecule has 7 aromatic rings. The molecule has 0 atom stereocenters. The van der Waals surface area contributed by atoms with Gasteiger partial charge in [-0.1, -0.05) is 58.4 Å². The lowest BCUT2D eigenvalue weighted by Crippen LogP contribution is -2.81. The van der Waals surface area contributed by atoms with Crippen LogP contribution in [-0.4, -0.2) is 17.3 Å². The highest BCUT2D eigenvalue weighted by molar-refractivity contribution is 9.09. The van der Waals surface area contributed by atoms with Crippen molar-refractivity contribution in [2.45, 2.75) is 6.54 Å². The summed E-state index contributed by atoms with van der Waals surface area (Å²) in [5, 5.41) is 1.47. The Morgan fingerprint density at radius 3 is 0.985 bits per heavy atom. The Kier molecular flexibility index (Phi) is 13.7. The molecule has 344 valence electrons. The third kappa shape index (κ3) is 7.60. The van der Waals surface area contributed by atoms with E-state index in [0.29, 0.717) is 11.9 Å². The van der Waals surface area contributed by atoms with E-state index < -0.39 is 144 Å². The Hall–Kier alpha value is -6.46. The standard InChI is InChI=1S/C24BF20.C18H15BrNO/c26-5-1(6(27)14(35)21(42)13(5)34)25(2-7(28)15(36)22(43)16(37)8(2)29,3-9(30)17(38)23(44)18(39)10(3)31)4-11(32)19(40)24(45)20(41)12(4)33;19-12-18(21)17-11-10-15-8-4-5-9-16(15)20(17)13-14-6-2-1-3-7-14/h;1-11H,12-13H2/q-1;+1. The van der Waals surface area contributed by atoms with E-state index in [0.717, 1.165) is 16.6 Å². The summed E-state index contributed by atoms with van der Waals surface area (Å²) in [5.41, 5.74) is -11.3. The number of carbonyl (C=O) groups excluding carboxylic acids is 1. The van der Waals surface area contributed by atoms with Crippen molar-refractivity contribution in [2.75, 3.05) is 5.33 Å². The molecule has 1 heterocycles. The number of hydrogen-bond donors (Lipinski definition) is 0. The second kappa shape index (κ2) is 18.4. The maximum Gasteiger partial charge on any atom is 0.250 e. The fourth-order valence-electron chi connectivity index (χ4n) is 7.39. The van der Waals surface area contributed by atoms with Crippen LogP contribution in [0, 0.1) is 116 Å². The van der Waals surface area contributed by atoms with E-state index in [-0.39, 0.29) is 5.78 Å². The van der Waals surface area contributed by atoms with E-state index in [9.17, 15) is 57.5 Å². The molecule has 0 radical (unpaired) electrons. The van der Waals surface area contributed by atoms with Gasteiger partial charge < -0.3 is 0 Å². The van der Waals surface area contributed by atoms with Crippen LogP contribution >= 0.6 is 15.9 Å². The lowest BCUT2D eigenvalue weighted by Gasteiger charge is -2.44. The van der Waals surface area contributed by atoms with Gasteiger partial charge in [0.15, 0.2) is 76.4 Å². The Morgan fingerprint density at radius 1 is 0.379 bits per heavy atom. The van der Waals surface area contributed by atoms with Gasteiger partial charge in [0.2, 0.25) is 17.0 Å². The van der Waals surface area contributed by atoms with Crippen LogP contribution in [0.4, 0.5) is 87.8 Å². The first-order valence-electron chi connectivity index (χ1n) is 17.8. The van der Waals surface area contributed by atoms with Crippen LogP contribution < -0.4 is 26.4 Å². The smallest absolute Gasteiger partial charge is 0.250 e. The monoisotopic (exact) mass is 1020 g/mol. The molecule has 0 aliphatic rings. The second-order valence-corrected chi connectivity index (χ2v) is 14.3. The van der Waals surface area contributed by atoms with Crippen molar-refractivity contribution in [2.24, 2.45) is 0 Å². The maximum atomic E-state index is 15.4. The van der Waals surface area contributed by atoms with Gasteiger partial charge in [0, 0.05) is 23.1 Å². The average Bonchev–Trinajstić information content (AvgIpc) is 3.31. The molecule has 2 nitrogen and oxygen atoms in total. The normalized spacial score (nSPS) is 11.6. The summed E-state index contributed by atoms with van der Waals surface area (Å²) in [7, 11) is 0. The summed E-state index contributed by atoms with van der Waals surface area (Å²) in [4.78, 5) is 12.2. The minimum absolute atomic E-state index is 0.0942. The molecule has 1 aromatic heterocycles. The summed E-state index contributed by atoms with van der Waals surface area (Å²) in [6, 6.07) is 22.3. The van der Waals surface area contributed by atoms with Crippen molar-refractivity contribution >= 4 is 60.6 Å². The van der Waals surface area contributed by atoms with Gasteiger partial charge in [-0.2, -0.15) is 4.57 Å². The number of aromatic nitrogens is 1. The zero-order valence-corrected chi connectivity index (χ0v) is 33.2. The summed E-state index contributed by atoms with van der Waals surface area (Å²) in [6.45, 7) is 0.691. The summed E-state index contributed by atoms with van der Waals surface area (Å²) < 4.78 is 296. The second-order valence-electron chi connectivity index (χ2n) is 13.7. The number of halogens is 21. The minimum atomic E-state index is -7.22. The number of benzene rings is 6. The largest absolute Gasteiger partial charge is 0.286 e. The highest BCUT2D eigenvalue weighted by atomic mass is 79.9. The van der Waals surface area contributed by atoms with Crippen molar-refractivity contribution in [1.29, 1.82) is 0 Å². The Balaban J connectivity index is 0.000000284. The molecule has 6 aromatic carbocycles. The van der Waals surface area contributed by atoms with Crippen molar-refractivity contribution in [3.63, 3.8) is 0 Å². The fraction of sp³-hybridized carbons (Fsp3) is 0.0476. The molecule has 7 rings (SSSR count). The van der Waals surface area contributed by atoms with Gasteiger partial charge in [-0.15, -0.1) is 21.9 Å². The van der Waals surface area contributed by atoms with E-state index in [4.69, 9.17) is 0 Å². The molecule has 24 heteroatoms. The molecule has 0 fully saturated rings. The number of nitrogens with zero attached hydrogens (tertiary/aromatic N) is 1. The zero-order valence-electron chi connectivity index (χ0n) is 31.6. The van der Waals surface area contributed by atoms with Crippen LogP contribution in [-0.2, 0) is 6.54 Å². The predicted octanol–water partition coefficient (Wildman–Crippen LogP) is 9.60. The van der Waals surface area contributed by atoms with Gasteiger partial charge in [0.05, 0.1) is 5.33 Å². The first-order valence-corrected chi connectivity index (χ1v) is 18.9. The Morgan fingerprint density at radius 2 is 0.667 bits per heavy atom. The minimum Gasteiger partial charge on any atom is -0.286 e.